The summed E-state index contributed by atoms with van der Waals surface area (Å²) in [5, 5.41) is 0.646. The second-order valence-electron chi connectivity index (χ2n) is 7.01. The van der Waals surface area contributed by atoms with E-state index in [1.807, 2.05) is 33.7 Å². The van der Waals surface area contributed by atoms with Crippen LogP contribution in [0.4, 0.5) is 0 Å². The van der Waals surface area contributed by atoms with Crippen molar-refractivity contribution < 1.29 is 9.53 Å². The Morgan fingerprint density at radius 1 is 1.14 bits per heavy atom. The van der Waals surface area contributed by atoms with Crippen LogP contribution in [-0.2, 0) is 11.3 Å². The molecule has 3 heterocycles. The standard InChI is InChI=1S/C21H23ClN4O2/c1-16(28-19-7-5-17(22)6-8-19)21(27)25-12-10-24(11-13-25)14-18-15-26-9-3-2-4-20(26)23-18/h2-9,15-16H,10-14H2,1H3. The van der Waals surface area contributed by atoms with Gasteiger partial charge in [0.25, 0.3) is 5.91 Å². The molecule has 1 fully saturated rings. The number of carbonyl (C=O) groups excluding carboxylic acids is 1. The van der Waals surface area contributed by atoms with Gasteiger partial charge in [0.05, 0.1) is 5.69 Å². The minimum absolute atomic E-state index is 0.0160. The number of rotatable bonds is 5. The van der Waals surface area contributed by atoms with E-state index >= 15 is 0 Å². The van der Waals surface area contributed by atoms with E-state index in [4.69, 9.17) is 16.3 Å². The molecule has 1 aromatic carbocycles. The number of piperazine rings is 1. The Kier molecular flexibility index (Phi) is 5.50. The molecule has 28 heavy (non-hydrogen) atoms. The van der Waals surface area contributed by atoms with Crippen molar-refractivity contribution >= 4 is 23.2 Å². The first kappa shape index (κ1) is 18.8. The molecule has 0 spiro atoms. The van der Waals surface area contributed by atoms with Gasteiger partial charge in [-0.3, -0.25) is 9.69 Å². The summed E-state index contributed by atoms with van der Waals surface area (Å²) in [5.74, 6) is 0.665. The van der Waals surface area contributed by atoms with Crippen molar-refractivity contribution in [3.63, 3.8) is 0 Å². The molecule has 7 heteroatoms. The highest BCUT2D eigenvalue weighted by Crippen LogP contribution is 2.18. The number of benzene rings is 1. The van der Waals surface area contributed by atoms with E-state index in [1.165, 1.54) is 0 Å². The second kappa shape index (κ2) is 8.20. The minimum Gasteiger partial charge on any atom is -0.481 e. The summed E-state index contributed by atoms with van der Waals surface area (Å²) in [4.78, 5) is 21.6. The quantitative estimate of drug-likeness (QED) is 0.662. The number of fused-ring (bicyclic) bond motifs is 1. The van der Waals surface area contributed by atoms with E-state index in [-0.39, 0.29) is 5.91 Å². The van der Waals surface area contributed by atoms with Gasteiger partial charge in [0, 0.05) is 50.1 Å². The zero-order valence-electron chi connectivity index (χ0n) is 15.8. The highest BCUT2D eigenvalue weighted by molar-refractivity contribution is 6.30. The average Bonchev–Trinajstić information content (AvgIpc) is 3.12. The molecule has 1 aliphatic heterocycles. The summed E-state index contributed by atoms with van der Waals surface area (Å²) >= 11 is 5.89. The van der Waals surface area contributed by atoms with Gasteiger partial charge in [0.1, 0.15) is 11.4 Å². The fourth-order valence-electron chi connectivity index (χ4n) is 3.44. The first-order chi connectivity index (χ1) is 13.6. The number of pyridine rings is 1. The van der Waals surface area contributed by atoms with Crippen LogP contribution in [0.3, 0.4) is 0 Å². The zero-order chi connectivity index (χ0) is 19.5. The van der Waals surface area contributed by atoms with Crippen LogP contribution < -0.4 is 4.74 Å². The SMILES string of the molecule is CC(Oc1ccc(Cl)cc1)C(=O)N1CCN(Cc2cn3ccccc3n2)CC1. The number of hydrogen-bond donors (Lipinski definition) is 0. The highest BCUT2D eigenvalue weighted by Gasteiger charge is 2.26. The molecule has 3 aromatic rings. The third-order valence-electron chi connectivity index (χ3n) is 4.96. The maximum Gasteiger partial charge on any atom is 0.263 e. The lowest BCUT2D eigenvalue weighted by molar-refractivity contribution is -0.139. The zero-order valence-corrected chi connectivity index (χ0v) is 16.5. The molecule has 2 aromatic heterocycles. The van der Waals surface area contributed by atoms with Crippen LogP contribution >= 0.6 is 11.6 Å². The average molecular weight is 399 g/mol. The number of carbonyl (C=O) groups is 1. The van der Waals surface area contributed by atoms with E-state index in [1.54, 1.807) is 31.2 Å². The summed E-state index contributed by atoms with van der Waals surface area (Å²) in [6.45, 7) is 5.63. The molecule has 1 saturated heterocycles. The van der Waals surface area contributed by atoms with Crippen LogP contribution in [0.1, 0.15) is 12.6 Å². The van der Waals surface area contributed by atoms with E-state index in [0.717, 1.165) is 31.0 Å². The molecule has 4 rings (SSSR count). The predicted octanol–water partition coefficient (Wildman–Crippen LogP) is 3.10. The van der Waals surface area contributed by atoms with Gasteiger partial charge in [-0.2, -0.15) is 0 Å². The number of hydrogen-bond acceptors (Lipinski definition) is 4. The molecule has 6 nitrogen and oxygen atoms in total. The number of nitrogens with zero attached hydrogens (tertiary/aromatic N) is 4. The van der Waals surface area contributed by atoms with Crippen molar-refractivity contribution in [3.8, 4) is 5.75 Å². The monoisotopic (exact) mass is 398 g/mol. The van der Waals surface area contributed by atoms with Gasteiger partial charge in [0.15, 0.2) is 6.10 Å². The fourth-order valence-corrected chi connectivity index (χ4v) is 3.57. The van der Waals surface area contributed by atoms with Crippen LogP contribution in [0.5, 0.6) is 5.75 Å². The summed E-state index contributed by atoms with van der Waals surface area (Å²) in [6, 6.07) is 13.1. The summed E-state index contributed by atoms with van der Waals surface area (Å²) in [6.07, 6.45) is 3.55. The lowest BCUT2D eigenvalue weighted by Gasteiger charge is -2.35. The van der Waals surface area contributed by atoms with Gasteiger partial charge in [-0.1, -0.05) is 17.7 Å². The first-order valence-corrected chi connectivity index (χ1v) is 9.82. The van der Waals surface area contributed by atoms with Crippen molar-refractivity contribution in [1.29, 1.82) is 0 Å². The van der Waals surface area contributed by atoms with Crippen molar-refractivity contribution in [1.82, 2.24) is 19.2 Å². The Morgan fingerprint density at radius 3 is 2.61 bits per heavy atom. The van der Waals surface area contributed by atoms with E-state index in [2.05, 4.69) is 16.1 Å². The predicted molar refractivity (Wildman–Crippen MR) is 109 cm³/mol. The highest BCUT2D eigenvalue weighted by atomic mass is 35.5. The van der Waals surface area contributed by atoms with Gasteiger partial charge in [-0.25, -0.2) is 4.98 Å². The molecule has 0 aliphatic carbocycles. The molecule has 0 saturated carbocycles. The molecule has 146 valence electrons. The molecule has 1 aliphatic rings. The Balaban J connectivity index is 1.29. The van der Waals surface area contributed by atoms with Crippen molar-refractivity contribution in [2.24, 2.45) is 0 Å². The molecular weight excluding hydrogens is 376 g/mol. The molecule has 1 atom stereocenters. The van der Waals surface area contributed by atoms with Crippen molar-refractivity contribution in [3.05, 3.63) is 65.6 Å². The maximum absolute atomic E-state index is 12.7. The molecule has 0 N–H and O–H groups in total. The summed E-state index contributed by atoms with van der Waals surface area (Å²) in [7, 11) is 0. The Bertz CT molecular complexity index is 915. The van der Waals surface area contributed by atoms with Gasteiger partial charge in [-0.15, -0.1) is 0 Å². The Hall–Kier alpha value is -2.57. The normalized spacial score (nSPS) is 16.3. The first-order valence-electron chi connectivity index (χ1n) is 9.44. The van der Waals surface area contributed by atoms with Crippen LogP contribution in [0, 0.1) is 0 Å². The summed E-state index contributed by atoms with van der Waals surface area (Å²) in [5.41, 5.74) is 2.00. The van der Waals surface area contributed by atoms with Gasteiger partial charge >= 0.3 is 0 Å². The molecular formula is C21H23ClN4O2. The smallest absolute Gasteiger partial charge is 0.263 e. The maximum atomic E-state index is 12.7. The van der Waals surface area contributed by atoms with E-state index in [0.29, 0.717) is 23.9 Å². The second-order valence-corrected chi connectivity index (χ2v) is 7.45. The van der Waals surface area contributed by atoms with Crippen molar-refractivity contribution in [2.45, 2.75) is 19.6 Å². The van der Waals surface area contributed by atoms with Crippen LogP contribution in [0.25, 0.3) is 5.65 Å². The van der Waals surface area contributed by atoms with Crippen molar-refractivity contribution in [2.75, 3.05) is 26.2 Å². The van der Waals surface area contributed by atoms with Gasteiger partial charge in [0.2, 0.25) is 0 Å². The fraction of sp³-hybridized carbons (Fsp3) is 0.333. The lowest BCUT2D eigenvalue weighted by atomic mass is 10.2. The number of halogens is 1. The third-order valence-corrected chi connectivity index (χ3v) is 5.21. The summed E-state index contributed by atoms with van der Waals surface area (Å²) < 4.78 is 7.80. The van der Waals surface area contributed by atoms with Gasteiger partial charge < -0.3 is 14.0 Å². The van der Waals surface area contributed by atoms with Gasteiger partial charge in [-0.05, 0) is 43.3 Å². The third kappa shape index (κ3) is 4.29. The Morgan fingerprint density at radius 2 is 1.89 bits per heavy atom. The number of imidazole rings is 1. The van der Waals surface area contributed by atoms with E-state index < -0.39 is 6.10 Å². The van der Waals surface area contributed by atoms with Crippen LogP contribution in [-0.4, -0.2) is 57.4 Å². The largest absolute Gasteiger partial charge is 0.481 e. The lowest BCUT2D eigenvalue weighted by Crippen LogP contribution is -2.51. The number of ether oxygens (including phenoxy) is 1. The number of amides is 1. The van der Waals surface area contributed by atoms with Crippen LogP contribution in [0.15, 0.2) is 54.9 Å². The molecule has 1 amide bonds. The van der Waals surface area contributed by atoms with Crippen LogP contribution in [0.2, 0.25) is 5.02 Å². The topological polar surface area (TPSA) is 50.1 Å². The molecule has 0 radical (unpaired) electrons. The van der Waals surface area contributed by atoms with E-state index in [9.17, 15) is 4.79 Å². The Labute approximate surface area is 169 Å². The number of aromatic nitrogens is 2. The molecule has 0 bridgehead atoms. The minimum atomic E-state index is -0.522. The molecule has 1 unspecified atom stereocenters.